The molecule has 34 heavy (non-hydrogen) atoms. The molecular formula is C25H32N8O. The molecule has 9 heteroatoms. The van der Waals surface area contributed by atoms with E-state index in [9.17, 15) is 4.79 Å². The topological polar surface area (TPSA) is 98.3 Å². The molecule has 0 saturated carbocycles. The highest BCUT2D eigenvalue weighted by Gasteiger charge is 2.16. The molecule has 0 aliphatic carbocycles. The molecule has 2 aromatic heterocycles. The van der Waals surface area contributed by atoms with Crippen LogP contribution in [0.2, 0.25) is 0 Å². The van der Waals surface area contributed by atoms with Crippen molar-refractivity contribution < 1.29 is 4.79 Å². The minimum absolute atomic E-state index is 0.0484. The number of anilines is 5. The van der Waals surface area contributed by atoms with Crippen molar-refractivity contribution in [1.29, 1.82) is 0 Å². The van der Waals surface area contributed by atoms with Gasteiger partial charge in [0.25, 0.3) is 5.91 Å². The van der Waals surface area contributed by atoms with E-state index < -0.39 is 0 Å². The Morgan fingerprint density at radius 3 is 2.44 bits per heavy atom. The van der Waals surface area contributed by atoms with Gasteiger partial charge in [0.2, 0.25) is 5.95 Å². The van der Waals surface area contributed by atoms with Crippen LogP contribution in [0.4, 0.5) is 29.0 Å². The molecule has 3 N–H and O–H groups in total. The number of benzene rings is 1. The van der Waals surface area contributed by atoms with Gasteiger partial charge in [0.1, 0.15) is 11.6 Å². The molecule has 1 fully saturated rings. The highest BCUT2D eigenvalue weighted by atomic mass is 16.1. The number of carbonyl (C=O) groups is 1. The molecule has 4 rings (SSSR count). The SMILES string of the molecule is Cc1cnc(Nc2ccc(N3CCN(C)CC3)cn2)nc1Nc1ccccc1C(=O)NC(C)C. The van der Waals surface area contributed by atoms with Crippen molar-refractivity contribution in [2.24, 2.45) is 0 Å². The van der Waals surface area contributed by atoms with Crippen LogP contribution < -0.4 is 20.9 Å². The van der Waals surface area contributed by atoms with E-state index in [2.05, 4.69) is 53.8 Å². The molecule has 0 spiro atoms. The quantitative estimate of drug-likeness (QED) is 0.492. The molecule has 9 nitrogen and oxygen atoms in total. The first-order chi connectivity index (χ1) is 16.4. The van der Waals surface area contributed by atoms with E-state index in [1.807, 2.05) is 51.2 Å². The fourth-order valence-electron chi connectivity index (χ4n) is 3.71. The van der Waals surface area contributed by atoms with Crippen LogP contribution in [0.5, 0.6) is 0 Å². The van der Waals surface area contributed by atoms with Crippen molar-refractivity contribution in [1.82, 2.24) is 25.2 Å². The van der Waals surface area contributed by atoms with Gasteiger partial charge < -0.3 is 25.8 Å². The van der Waals surface area contributed by atoms with Gasteiger partial charge in [-0.2, -0.15) is 4.98 Å². The first-order valence-electron chi connectivity index (χ1n) is 11.6. The van der Waals surface area contributed by atoms with E-state index in [1.165, 1.54) is 0 Å². The summed E-state index contributed by atoms with van der Waals surface area (Å²) in [7, 11) is 2.15. The summed E-state index contributed by atoms with van der Waals surface area (Å²) in [5.41, 5.74) is 3.22. The van der Waals surface area contributed by atoms with Crippen LogP contribution in [-0.2, 0) is 0 Å². The lowest BCUT2D eigenvalue weighted by Crippen LogP contribution is -2.44. The normalized spacial score (nSPS) is 14.2. The summed E-state index contributed by atoms with van der Waals surface area (Å²) >= 11 is 0. The third-order valence-corrected chi connectivity index (χ3v) is 5.67. The fourth-order valence-corrected chi connectivity index (χ4v) is 3.71. The van der Waals surface area contributed by atoms with Crippen LogP contribution in [0.1, 0.15) is 29.8 Å². The van der Waals surface area contributed by atoms with Crippen LogP contribution in [0.3, 0.4) is 0 Å². The zero-order chi connectivity index (χ0) is 24.1. The Balaban J connectivity index is 1.48. The van der Waals surface area contributed by atoms with Crippen LogP contribution in [0, 0.1) is 6.92 Å². The van der Waals surface area contributed by atoms with E-state index in [1.54, 1.807) is 12.3 Å². The number of nitrogens with one attached hydrogen (secondary N) is 3. The van der Waals surface area contributed by atoms with Gasteiger partial charge in [-0.05, 0) is 52.1 Å². The maximum Gasteiger partial charge on any atom is 0.253 e. The maximum absolute atomic E-state index is 12.6. The molecular weight excluding hydrogens is 428 g/mol. The minimum Gasteiger partial charge on any atom is -0.368 e. The highest BCUT2D eigenvalue weighted by molar-refractivity contribution is 6.00. The number of hydrogen-bond donors (Lipinski definition) is 3. The first kappa shape index (κ1) is 23.4. The van der Waals surface area contributed by atoms with Crippen molar-refractivity contribution in [3.8, 4) is 0 Å². The van der Waals surface area contributed by atoms with E-state index in [0.29, 0.717) is 28.8 Å². The van der Waals surface area contributed by atoms with Gasteiger partial charge in [-0.3, -0.25) is 4.79 Å². The number of aryl methyl sites for hydroxylation is 1. The lowest BCUT2D eigenvalue weighted by molar-refractivity contribution is 0.0944. The molecule has 178 valence electrons. The summed E-state index contributed by atoms with van der Waals surface area (Å²) in [5.74, 6) is 1.59. The standard InChI is InChI=1S/C25H32N8O/c1-17(2)28-24(34)20-7-5-6-8-21(20)29-23-18(3)15-27-25(31-23)30-22-10-9-19(16-26-22)33-13-11-32(4)12-14-33/h5-10,15-17H,11-14H2,1-4H3,(H,28,34)(H2,26,27,29,30,31). The van der Waals surface area contributed by atoms with Gasteiger partial charge >= 0.3 is 0 Å². The summed E-state index contributed by atoms with van der Waals surface area (Å²) in [5, 5.41) is 9.41. The molecule has 1 aliphatic heterocycles. The lowest BCUT2D eigenvalue weighted by Gasteiger charge is -2.33. The predicted molar refractivity (Wildman–Crippen MR) is 136 cm³/mol. The first-order valence-corrected chi connectivity index (χ1v) is 11.6. The van der Waals surface area contributed by atoms with Crippen LogP contribution in [-0.4, -0.2) is 65.0 Å². The van der Waals surface area contributed by atoms with Gasteiger partial charge in [0.05, 0.1) is 23.1 Å². The molecule has 1 saturated heterocycles. The number of carbonyl (C=O) groups excluding carboxylic acids is 1. The minimum atomic E-state index is -0.132. The van der Waals surface area contributed by atoms with Crippen molar-refractivity contribution in [3.63, 3.8) is 0 Å². The Hall–Kier alpha value is -3.72. The Labute approximate surface area is 200 Å². The molecule has 1 aliphatic rings. The van der Waals surface area contributed by atoms with Crippen molar-refractivity contribution in [2.75, 3.05) is 48.8 Å². The zero-order valence-corrected chi connectivity index (χ0v) is 20.2. The monoisotopic (exact) mass is 460 g/mol. The molecule has 3 aromatic rings. The summed E-state index contributed by atoms with van der Waals surface area (Å²) < 4.78 is 0. The molecule has 0 atom stereocenters. The summed E-state index contributed by atoms with van der Waals surface area (Å²) in [4.78, 5) is 30.8. The zero-order valence-electron chi connectivity index (χ0n) is 20.2. The number of piperazine rings is 1. The predicted octanol–water partition coefficient (Wildman–Crippen LogP) is 3.56. The number of nitrogens with zero attached hydrogens (tertiary/aromatic N) is 5. The van der Waals surface area contributed by atoms with E-state index in [4.69, 9.17) is 0 Å². The second-order valence-corrected chi connectivity index (χ2v) is 8.84. The van der Waals surface area contributed by atoms with Gasteiger partial charge in [-0.1, -0.05) is 12.1 Å². The van der Waals surface area contributed by atoms with Crippen LogP contribution in [0.25, 0.3) is 0 Å². The maximum atomic E-state index is 12.6. The largest absolute Gasteiger partial charge is 0.368 e. The highest BCUT2D eigenvalue weighted by Crippen LogP contribution is 2.24. The molecule has 0 unspecified atom stereocenters. The Morgan fingerprint density at radius 2 is 1.74 bits per heavy atom. The van der Waals surface area contributed by atoms with Gasteiger partial charge in [-0.15, -0.1) is 0 Å². The molecule has 1 amide bonds. The average Bonchev–Trinajstić information content (AvgIpc) is 2.82. The Morgan fingerprint density at radius 1 is 0.971 bits per heavy atom. The van der Waals surface area contributed by atoms with Gasteiger partial charge in [0, 0.05) is 44.0 Å². The smallest absolute Gasteiger partial charge is 0.253 e. The number of likely N-dealkylation sites (N-methyl/N-ethyl adjacent to an activating group) is 1. The van der Waals surface area contributed by atoms with Crippen molar-refractivity contribution in [2.45, 2.75) is 26.8 Å². The van der Waals surface area contributed by atoms with Crippen molar-refractivity contribution >= 4 is 34.9 Å². The van der Waals surface area contributed by atoms with Crippen molar-refractivity contribution in [3.05, 3.63) is 59.9 Å². The molecule has 1 aromatic carbocycles. The number of para-hydroxylation sites is 1. The Bertz CT molecular complexity index is 1120. The number of aromatic nitrogens is 3. The summed E-state index contributed by atoms with van der Waals surface area (Å²) in [6.45, 7) is 9.89. The van der Waals surface area contributed by atoms with Gasteiger partial charge in [-0.25, -0.2) is 9.97 Å². The average molecular weight is 461 g/mol. The molecule has 0 bridgehead atoms. The van der Waals surface area contributed by atoms with E-state index in [-0.39, 0.29) is 11.9 Å². The fraction of sp³-hybridized carbons (Fsp3) is 0.360. The lowest BCUT2D eigenvalue weighted by atomic mass is 10.1. The third-order valence-electron chi connectivity index (χ3n) is 5.67. The second-order valence-electron chi connectivity index (χ2n) is 8.84. The number of amides is 1. The molecule has 0 radical (unpaired) electrons. The van der Waals surface area contributed by atoms with Crippen LogP contribution in [0.15, 0.2) is 48.8 Å². The summed E-state index contributed by atoms with van der Waals surface area (Å²) in [6.07, 6.45) is 3.62. The number of pyridine rings is 1. The summed E-state index contributed by atoms with van der Waals surface area (Å²) in [6, 6.07) is 11.4. The van der Waals surface area contributed by atoms with E-state index in [0.717, 1.165) is 37.4 Å². The molecule has 3 heterocycles. The number of rotatable bonds is 7. The van der Waals surface area contributed by atoms with Crippen LogP contribution >= 0.6 is 0 Å². The Kier molecular flexibility index (Phi) is 7.22. The second kappa shape index (κ2) is 10.5. The van der Waals surface area contributed by atoms with Gasteiger partial charge in [0.15, 0.2) is 0 Å². The van der Waals surface area contributed by atoms with E-state index >= 15 is 0 Å². The third kappa shape index (κ3) is 5.79. The number of hydrogen-bond acceptors (Lipinski definition) is 8.